The first-order valence-corrected chi connectivity index (χ1v) is 8.16. The molecule has 1 saturated heterocycles. The highest BCUT2D eigenvalue weighted by molar-refractivity contribution is 9.10. The van der Waals surface area contributed by atoms with Gasteiger partial charge in [0, 0.05) is 29.7 Å². The Labute approximate surface area is 130 Å². The van der Waals surface area contributed by atoms with Crippen LogP contribution in [0.3, 0.4) is 0 Å². The Balaban J connectivity index is 1.92. The minimum Gasteiger partial charge on any atom is -0.377 e. The van der Waals surface area contributed by atoms with Crippen molar-refractivity contribution in [3.63, 3.8) is 0 Å². The highest BCUT2D eigenvalue weighted by Gasteiger charge is 2.28. The van der Waals surface area contributed by atoms with Gasteiger partial charge in [0.25, 0.3) is 0 Å². The molecule has 112 valence electrons. The third-order valence-corrected chi connectivity index (χ3v) is 5.02. The lowest BCUT2D eigenvalue weighted by Gasteiger charge is -2.28. The lowest BCUT2D eigenvalue weighted by Crippen LogP contribution is -2.38. The number of halogens is 1. The number of ether oxygens (including phenoxy) is 1. The van der Waals surface area contributed by atoms with Crippen molar-refractivity contribution >= 4 is 15.9 Å². The summed E-state index contributed by atoms with van der Waals surface area (Å²) in [4.78, 5) is 2.44. The summed E-state index contributed by atoms with van der Waals surface area (Å²) < 4.78 is 6.84. The Hall–Kier alpha value is -0.420. The molecule has 1 heterocycles. The summed E-state index contributed by atoms with van der Waals surface area (Å²) in [6, 6.07) is 9.39. The van der Waals surface area contributed by atoms with Crippen LogP contribution in [0.25, 0.3) is 0 Å². The molecule has 3 nitrogen and oxygen atoms in total. The number of likely N-dealkylation sites (N-methyl/N-ethyl adjacent to an activating group) is 1. The number of rotatable bonds is 6. The van der Waals surface area contributed by atoms with Crippen molar-refractivity contribution in [1.82, 2.24) is 10.2 Å². The molecular weight excluding hydrogens is 316 g/mol. The molecule has 0 aromatic heterocycles. The van der Waals surface area contributed by atoms with Gasteiger partial charge in [0.15, 0.2) is 0 Å². The molecule has 0 radical (unpaired) electrons. The summed E-state index contributed by atoms with van der Waals surface area (Å²) >= 11 is 3.65. The topological polar surface area (TPSA) is 24.5 Å². The van der Waals surface area contributed by atoms with Crippen LogP contribution in [0.1, 0.15) is 31.4 Å². The van der Waals surface area contributed by atoms with Gasteiger partial charge < -0.3 is 15.0 Å². The molecule has 3 unspecified atom stereocenters. The highest BCUT2D eigenvalue weighted by atomic mass is 79.9. The third kappa shape index (κ3) is 3.82. The fraction of sp³-hybridized carbons (Fsp3) is 0.625. The SMILES string of the molecule is CNC(CCN(C)C1CCOC1C)c1ccccc1Br. The summed E-state index contributed by atoms with van der Waals surface area (Å²) in [6.07, 6.45) is 2.60. The molecule has 0 amide bonds. The standard InChI is InChI=1S/C16H25BrN2O/c1-12-16(9-11-20-12)19(3)10-8-15(18-2)13-6-4-5-7-14(13)17/h4-7,12,15-16,18H,8-11H2,1-3H3. The van der Waals surface area contributed by atoms with E-state index < -0.39 is 0 Å². The molecule has 1 N–H and O–H groups in total. The molecule has 2 rings (SSSR count). The molecule has 1 fully saturated rings. The van der Waals surface area contributed by atoms with Gasteiger partial charge in [-0.15, -0.1) is 0 Å². The number of nitrogens with zero attached hydrogens (tertiary/aromatic N) is 1. The zero-order chi connectivity index (χ0) is 14.5. The summed E-state index contributed by atoms with van der Waals surface area (Å²) in [6.45, 7) is 4.15. The Morgan fingerprint density at radius 3 is 2.80 bits per heavy atom. The van der Waals surface area contributed by atoms with Gasteiger partial charge in [-0.05, 0) is 45.5 Å². The summed E-state index contributed by atoms with van der Waals surface area (Å²) in [5.74, 6) is 0. The lowest BCUT2D eigenvalue weighted by atomic mass is 10.0. The highest BCUT2D eigenvalue weighted by Crippen LogP contribution is 2.26. The lowest BCUT2D eigenvalue weighted by molar-refractivity contribution is 0.0824. The van der Waals surface area contributed by atoms with E-state index in [1.54, 1.807) is 0 Å². The van der Waals surface area contributed by atoms with Gasteiger partial charge in [0.1, 0.15) is 0 Å². The van der Waals surface area contributed by atoms with Crippen LogP contribution in [0.15, 0.2) is 28.7 Å². The predicted octanol–water partition coefficient (Wildman–Crippen LogP) is 3.21. The van der Waals surface area contributed by atoms with E-state index in [0.29, 0.717) is 18.2 Å². The fourth-order valence-electron chi connectivity index (χ4n) is 3.01. The van der Waals surface area contributed by atoms with E-state index >= 15 is 0 Å². The van der Waals surface area contributed by atoms with E-state index in [-0.39, 0.29) is 0 Å². The Morgan fingerprint density at radius 2 is 2.20 bits per heavy atom. The number of benzene rings is 1. The predicted molar refractivity (Wildman–Crippen MR) is 87.0 cm³/mol. The van der Waals surface area contributed by atoms with E-state index in [1.165, 1.54) is 10.0 Å². The summed E-state index contributed by atoms with van der Waals surface area (Å²) in [5.41, 5.74) is 1.33. The minimum atomic E-state index is 0.358. The van der Waals surface area contributed by atoms with Gasteiger partial charge in [-0.2, -0.15) is 0 Å². The van der Waals surface area contributed by atoms with Crippen LogP contribution in [0, 0.1) is 0 Å². The second kappa shape index (κ2) is 7.55. The molecule has 0 aliphatic carbocycles. The first-order chi connectivity index (χ1) is 9.63. The molecule has 1 aromatic carbocycles. The Kier molecular flexibility index (Phi) is 6.02. The van der Waals surface area contributed by atoms with E-state index in [1.807, 2.05) is 7.05 Å². The quantitative estimate of drug-likeness (QED) is 0.860. The van der Waals surface area contributed by atoms with Crippen molar-refractivity contribution < 1.29 is 4.74 Å². The fourth-order valence-corrected chi connectivity index (χ4v) is 3.57. The van der Waals surface area contributed by atoms with E-state index in [0.717, 1.165) is 26.0 Å². The van der Waals surface area contributed by atoms with Crippen LogP contribution in [0.4, 0.5) is 0 Å². The molecule has 3 atom stereocenters. The maximum Gasteiger partial charge on any atom is 0.0702 e. The van der Waals surface area contributed by atoms with Crippen molar-refractivity contribution in [2.75, 3.05) is 27.2 Å². The second-order valence-electron chi connectivity index (χ2n) is 5.56. The van der Waals surface area contributed by atoms with Gasteiger partial charge in [-0.25, -0.2) is 0 Å². The normalized spacial score (nSPS) is 24.2. The maximum absolute atomic E-state index is 5.66. The molecule has 0 spiro atoms. The van der Waals surface area contributed by atoms with Crippen LogP contribution in [0.2, 0.25) is 0 Å². The van der Waals surface area contributed by atoms with Crippen LogP contribution in [-0.4, -0.2) is 44.3 Å². The number of hydrogen-bond donors (Lipinski definition) is 1. The molecule has 4 heteroatoms. The smallest absolute Gasteiger partial charge is 0.0702 e. The van der Waals surface area contributed by atoms with Crippen molar-refractivity contribution in [2.24, 2.45) is 0 Å². The number of hydrogen-bond acceptors (Lipinski definition) is 3. The molecule has 1 aliphatic rings. The van der Waals surface area contributed by atoms with Crippen LogP contribution < -0.4 is 5.32 Å². The van der Waals surface area contributed by atoms with Crippen LogP contribution in [0.5, 0.6) is 0 Å². The molecule has 0 bridgehead atoms. The van der Waals surface area contributed by atoms with Gasteiger partial charge in [0.05, 0.1) is 6.10 Å². The van der Waals surface area contributed by atoms with E-state index in [4.69, 9.17) is 4.74 Å². The zero-order valence-electron chi connectivity index (χ0n) is 12.6. The van der Waals surface area contributed by atoms with Gasteiger partial charge in [0.2, 0.25) is 0 Å². The zero-order valence-corrected chi connectivity index (χ0v) is 14.2. The van der Waals surface area contributed by atoms with Crippen LogP contribution >= 0.6 is 15.9 Å². The first kappa shape index (κ1) is 16.0. The van der Waals surface area contributed by atoms with Crippen molar-refractivity contribution in [3.05, 3.63) is 34.3 Å². The maximum atomic E-state index is 5.66. The third-order valence-electron chi connectivity index (χ3n) is 4.30. The Morgan fingerprint density at radius 1 is 1.45 bits per heavy atom. The Bertz CT molecular complexity index is 427. The van der Waals surface area contributed by atoms with E-state index in [9.17, 15) is 0 Å². The van der Waals surface area contributed by atoms with Crippen molar-refractivity contribution in [2.45, 2.75) is 38.0 Å². The van der Waals surface area contributed by atoms with E-state index in [2.05, 4.69) is 64.4 Å². The number of nitrogens with one attached hydrogen (secondary N) is 1. The van der Waals surface area contributed by atoms with Crippen molar-refractivity contribution in [3.8, 4) is 0 Å². The summed E-state index contributed by atoms with van der Waals surface area (Å²) in [5, 5.41) is 3.43. The molecule has 0 saturated carbocycles. The van der Waals surface area contributed by atoms with Gasteiger partial charge in [-0.3, -0.25) is 0 Å². The van der Waals surface area contributed by atoms with Crippen molar-refractivity contribution in [1.29, 1.82) is 0 Å². The summed E-state index contributed by atoms with van der Waals surface area (Å²) in [7, 11) is 4.24. The average molecular weight is 341 g/mol. The minimum absolute atomic E-state index is 0.358. The molecule has 1 aliphatic heterocycles. The van der Waals surface area contributed by atoms with Crippen LogP contribution in [-0.2, 0) is 4.74 Å². The van der Waals surface area contributed by atoms with Gasteiger partial charge >= 0.3 is 0 Å². The largest absolute Gasteiger partial charge is 0.377 e. The molecule has 20 heavy (non-hydrogen) atoms. The monoisotopic (exact) mass is 340 g/mol. The second-order valence-corrected chi connectivity index (χ2v) is 6.42. The van der Waals surface area contributed by atoms with Gasteiger partial charge in [-0.1, -0.05) is 34.1 Å². The molecular formula is C16H25BrN2O. The molecule has 1 aromatic rings. The average Bonchev–Trinajstić information content (AvgIpc) is 2.87. The first-order valence-electron chi connectivity index (χ1n) is 7.37.